The lowest BCUT2D eigenvalue weighted by atomic mass is 9.99. The molecule has 0 bridgehead atoms. The topological polar surface area (TPSA) is 58.4 Å². The van der Waals surface area contributed by atoms with Crippen LogP contribution in [-0.2, 0) is 13.0 Å². The first kappa shape index (κ1) is 13.8. The largest absolute Gasteiger partial charge is 0.351 e. The van der Waals surface area contributed by atoms with Crippen LogP contribution in [0, 0.1) is 0 Å². The van der Waals surface area contributed by atoms with Gasteiger partial charge in [-0.25, -0.2) is 4.39 Å². The summed E-state index contributed by atoms with van der Waals surface area (Å²) in [6.07, 6.45) is 2.29. The average molecular weight is 289 g/mol. The Morgan fingerprint density at radius 1 is 1.38 bits per heavy atom. The molecule has 6 heteroatoms. The predicted octanol–water partition coefficient (Wildman–Crippen LogP) is 2.25. The van der Waals surface area contributed by atoms with Crippen LogP contribution in [0.5, 0.6) is 0 Å². The van der Waals surface area contributed by atoms with E-state index in [0.717, 1.165) is 25.2 Å². The van der Waals surface area contributed by atoms with Gasteiger partial charge in [-0.15, -0.1) is 0 Å². The summed E-state index contributed by atoms with van der Waals surface area (Å²) in [4.78, 5) is 14.0. The Morgan fingerprint density at radius 2 is 2.29 bits per heavy atom. The van der Waals surface area contributed by atoms with Gasteiger partial charge in [-0.3, -0.25) is 9.69 Å². The van der Waals surface area contributed by atoms with Crippen LogP contribution in [0.4, 0.5) is 10.1 Å². The van der Waals surface area contributed by atoms with Crippen LogP contribution in [-0.4, -0.2) is 35.7 Å². The number of anilines is 1. The molecule has 0 saturated heterocycles. The van der Waals surface area contributed by atoms with Gasteiger partial charge in [0.2, 0.25) is 5.76 Å². The fourth-order valence-electron chi connectivity index (χ4n) is 2.53. The Labute approximate surface area is 121 Å². The maximum atomic E-state index is 12.4. The van der Waals surface area contributed by atoms with Crippen molar-refractivity contribution >= 4 is 11.6 Å². The van der Waals surface area contributed by atoms with Crippen molar-refractivity contribution in [2.45, 2.75) is 13.0 Å². The number of alkyl halides is 1. The minimum absolute atomic E-state index is 0.182. The Hall–Kier alpha value is -2.21. The molecule has 1 aromatic carbocycles. The average Bonchev–Trinajstić information content (AvgIpc) is 3.02. The molecule has 21 heavy (non-hydrogen) atoms. The molecule has 2 aromatic rings. The van der Waals surface area contributed by atoms with Gasteiger partial charge in [0.1, 0.15) is 6.67 Å². The van der Waals surface area contributed by atoms with E-state index in [4.69, 9.17) is 4.52 Å². The number of hydrogen-bond acceptors (Lipinski definition) is 4. The van der Waals surface area contributed by atoms with Gasteiger partial charge in [0, 0.05) is 31.4 Å². The normalized spacial score (nSPS) is 14.7. The van der Waals surface area contributed by atoms with Gasteiger partial charge in [0.15, 0.2) is 0 Å². The summed E-state index contributed by atoms with van der Waals surface area (Å²) in [5.74, 6) is -0.135. The number of carbonyl (C=O) groups is 1. The Balaban J connectivity index is 1.71. The standard InChI is InChI=1S/C15H16FN3O2/c16-5-8-19-7-4-11-9-13(2-1-12(11)10-19)18-15(20)14-3-6-17-21-14/h1-3,6,9H,4-5,7-8,10H2,(H,18,20). The third-order valence-corrected chi connectivity index (χ3v) is 3.62. The maximum Gasteiger partial charge on any atom is 0.294 e. The van der Waals surface area contributed by atoms with Crippen LogP contribution >= 0.6 is 0 Å². The minimum Gasteiger partial charge on any atom is -0.351 e. The third-order valence-electron chi connectivity index (χ3n) is 3.62. The van der Waals surface area contributed by atoms with Crippen molar-refractivity contribution in [2.75, 3.05) is 25.1 Å². The van der Waals surface area contributed by atoms with Gasteiger partial charge in [-0.05, 0) is 29.7 Å². The van der Waals surface area contributed by atoms with Crippen LogP contribution in [0.1, 0.15) is 21.7 Å². The molecule has 1 N–H and O–H groups in total. The van der Waals surface area contributed by atoms with Crippen molar-refractivity contribution < 1.29 is 13.7 Å². The van der Waals surface area contributed by atoms with Gasteiger partial charge in [-0.1, -0.05) is 11.2 Å². The second kappa shape index (κ2) is 6.05. The summed E-state index contributed by atoms with van der Waals surface area (Å²) in [6.45, 7) is 1.76. The maximum absolute atomic E-state index is 12.4. The van der Waals surface area contributed by atoms with Crippen LogP contribution in [0.15, 0.2) is 35.0 Å². The van der Waals surface area contributed by atoms with E-state index in [-0.39, 0.29) is 18.3 Å². The molecule has 0 spiro atoms. The van der Waals surface area contributed by atoms with E-state index in [1.54, 1.807) is 0 Å². The molecule has 1 aromatic heterocycles. The highest BCUT2D eigenvalue weighted by Crippen LogP contribution is 2.22. The summed E-state index contributed by atoms with van der Waals surface area (Å²) >= 11 is 0. The Morgan fingerprint density at radius 3 is 3.05 bits per heavy atom. The molecule has 0 aliphatic carbocycles. The van der Waals surface area contributed by atoms with Crippen LogP contribution in [0.2, 0.25) is 0 Å². The number of benzene rings is 1. The summed E-state index contributed by atoms with van der Waals surface area (Å²) in [5.41, 5.74) is 3.11. The van der Waals surface area contributed by atoms with Crippen LogP contribution in [0.25, 0.3) is 0 Å². The van der Waals surface area contributed by atoms with E-state index >= 15 is 0 Å². The Bertz CT molecular complexity index is 628. The highest BCUT2D eigenvalue weighted by molar-refractivity contribution is 6.02. The quantitative estimate of drug-likeness (QED) is 0.938. The molecule has 0 saturated carbocycles. The van der Waals surface area contributed by atoms with Gasteiger partial charge < -0.3 is 9.84 Å². The molecule has 0 fully saturated rings. The lowest BCUT2D eigenvalue weighted by Gasteiger charge is -2.28. The van der Waals surface area contributed by atoms with Crippen molar-refractivity contribution in [3.05, 3.63) is 47.3 Å². The highest BCUT2D eigenvalue weighted by Gasteiger charge is 2.17. The molecule has 1 aliphatic rings. The smallest absolute Gasteiger partial charge is 0.294 e. The number of nitrogens with one attached hydrogen (secondary N) is 1. The third kappa shape index (κ3) is 3.11. The summed E-state index contributed by atoms with van der Waals surface area (Å²) < 4.78 is 17.2. The van der Waals surface area contributed by atoms with Crippen molar-refractivity contribution in [2.24, 2.45) is 0 Å². The minimum atomic E-state index is -0.319. The van der Waals surface area contributed by atoms with Crippen molar-refractivity contribution in [3.63, 3.8) is 0 Å². The van der Waals surface area contributed by atoms with Crippen LogP contribution in [0.3, 0.4) is 0 Å². The zero-order valence-electron chi connectivity index (χ0n) is 11.5. The van der Waals surface area contributed by atoms with Crippen molar-refractivity contribution in [1.82, 2.24) is 10.1 Å². The molecule has 0 radical (unpaired) electrons. The fourth-order valence-corrected chi connectivity index (χ4v) is 2.53. The number of aromatic nitrogens is 1. The zero-order chi connectivity index (χ0) is 14.7. The van der Waals surface area contributed by atoms with E-state index in [1.807, 2.05) is 18.2 Å². The number of rotatable bonds is 4. The van der Waals surface area contributed by atoms with Crippen molar-refractivity contribution in [3.8, 4) is 0 Å². The van der Waals surface area contributed by atoms with Crippen LogP contribution < -0.4 is 5.32 Å². The molecule has 1 amide bonds. The second-order valence-electron chi connectivity index (χ2n) is 5.03. The fraction of sp³-hybridized carbons (Fsp3) is 0.333. The SMILES string of the molecule is O=C(Nc1ccc2c(c1)CCN(CCF)C2)c1ccno1. The summed E-state index contributed by atoms with van der Waals surface area (Å²) in [7, 11) is 0. The number of halogens is 1. The summed E-state index contributed by atoms with van der Waals surface area (Å²) in [6, 6.07) is 7.32. The first-order valence-corrected chi connectivity index (χ1v) is 6.88. The highest BCUT2D eigenvalue weighted by atomic mass is 19.1. The lowest BCUT2D eigenvalue weighted by molar-refractivity contribution is 0.0988. The number of amides is 1. The Kier molecular flexibility index (Phi) is 3.96. The van der Waals surface area contributed by atoms with E-state index in [9.17, 15) is 9.18 Å². The van der Waals surface area contributed by atoms with Gasteiger partial charge in [-0.2, -0.15) is 0 Å². The van der Waals surface area contributed by atoms with E-state index in [0.29, 0.717) is 6.54 Å². The number of nitrogens with zero attached hydrogens (tertiary/aromatic N) is 2. The molecular weight excluding hydrogens is 273 g/mol. The monoisotopic (exact) mass is 289 g/mol. The predicted molar refractivity (Wildman–Crippen MR) is 75.9 cm³/mol. The summed E-state index contributed by atoms with van der Waals surface area (Å²) in [5, 5.41) is 6.29. The molecule has 0 unspecified atom stereocenters. The van der Waals surface area contributed by atoms with E-state index < -0.39 is 0 Å². The first-order chi connectivity index (χ1) is 10.3. The van der Waals surface area contributed by atoms with E-state index in [1.165, 1.54) is 23.4 Å². The molecule has 5 nitrogen and oxygen atoms in total. The molecule has 1 aliphatic heterocycles. The molecule has 3 rings (SSSR count). The number of carbonyl (C=O) groups excluding carboxylic acids is 1. The van der Waals surface area contributed by atoms with Gasteiger partial charge >= 0.3 is 0 Å². The first-order valence-electron chi connectivity index (χ1n) is 6.88. The molecule has 0 atom stereocenters. The number of hydrogen-bond donors (Lipinski definition) is 1. The van der Waals surface area contributed by atoms with E-state index in [2.05, 4.69) is 15.4 Å². The molecule has 2 heterocycles. The molecular formula is C15H16FN3O2. The van der Waals surface area contributed by atoms with Gasteiger partial charge in [0.25, 0.3) is 5.91 Å². The lowest BCUT2D eigenvalue weighted by Crippen LogP contribution is -2.32. The van der Waals surface area contributed by atoms with Gasteiger partial charge in [0.05, 0.1) is 6.20 Å². The molecule has 110 valence electrons. The van der Waals surface area contributed by atoms with Crippen molar-refractivity contribution in [1.29, 1.82) is 0 Å². The number of fused-ring (bicyclic) bond motifs is 1. The zero-order valence-corrected chi connectivity index (χ0v) is 11.5. The second-order valence-corrected chi connectivity index (χ2v) is 5.03.